The normalized spacial score (nSPS) is 19.1. The SMILES string of the molecule is O=C(O)C1CCn2c1ccc2C(O)c1ccccc1. The first kappa shape index (κ1) is 12.0. The molecule has 19 heavy (non-hydrogen) atoms. The second-order valence-electron chi connectivity index (χ2n) is 4.83. The quantitative estimate of drug-likeness (QED) is 0.885. The van der Waals surface area contributed by atoms with Gasteiger partial charge in [-0.3, -0.25) is 4.79 Å². The number of rotatable bonds is 3. The van der Waals surface area contributed by atoms with Crippen LogP contribution in [0.3, 0.4) is 0 Å². The van der Waals surface area contributed by atoms with Gasteiger partial charge < -0.3 is 14.8 Å². The molecule has 2 atom stereocenters. The molecule has 3 rings (SSSR count). The van der Waals surface area contributed by atoms with Crippen LogP contribution in [0.15, 0.2) is 42.5 Å². The number of carbonyl (C=O) groups is 1. The van der Waals surface area contributed by atoms with Gasteiger partial charge in [0.1, 0.15) is 6.10 Å². The first-order chi connectivity index (χ1) is 9.18. The van der Waals surface area contributed by atoms with Crippen molar-refractivity contribution in [3.63, 3.8) is 0 Å². The van der Waals surface area contributed by atoms with E-state index in [1.54, 1.807) is 0 Å². The van der Waals surface area contributed by atoms with Gasteiger partial charge >= 0.3 is 5.97 Å². The lowest BCUT2D eigenvalue weighted by Crippen LogP contribution is -2.09. The van der Waals surface area contributed by atoms with Crippen molar-refractivity contribution in [1.82, 2.24) is 4.57 Å². The van der Waals surface area contributed by atoms with Crippen LogP contribution in [0.25, 0.3) is 0 Å². The van der Waals surface area contributed by atoms with Crippen molar-refractivity contribution in [1.29, 1.82) is 0 Å². The molecule has 1 aliphatic rings. The standard InChI is InChI=1S/C15H15NO3/c17-14(10-4-2-1-3-5-10)13-7-6-12-11(15(18)19)8-9-16(12)13/h1-7,11,14,17H,8-9H2,(H,18,19). The summed E-state index contributed by atoms with van der Waals surface area (Å²) in [6, 6.07) is 13.0. The Hall–Kier alpha value is -2.07. The minimum atomic E-state index is -0.794. The van der Waals surface area contributed by atoms with E-state index in [9.17, 15) is 9.90 Å². The first-order valence-corrected chi connectivity index (χ1v) is 6.33. The fourth-order valence-corrected chi connectivity index (χ4v) is 2.76. The minimum absolute atomic E-state index is 0.447. The summed E-state index contributed by atoms with van der Waals surface area (Å²) in [5.74, 6) is -1.24. The Morgan fingerprint density at radius 3 is 2.63 bits per heavy atom. The molecular weight excluding hydrogens is 242 g/mol. The van der Waals surface area contributed by atoms with E-state index in [0.29, 0.717) is 13.0 Å². The van der Waals surface area contributed by atoms with Gasteiger partial charge in [0.15, 0.2) is 0 Å². The van der Waals surface area contributed by atoms with Gasteiger partial charge in [-0.25, -0.2) is 0 Å². The van der Waals surface area contributed by atoms with Crippen molar-refractivity contribution < 1.29 is 15.0 Å². The minimum Gasteiger partial charge on any atom is -0.481 e. The number of carboxylic acids is 1. The van der Waals surface area contributed by atoms with Crippen molar-refractivity contribution in [2.75, 3.05) is 0 Å². The Morgan fingerprint density at radius 1 is 1.21 bits per heavy atom. The second kappa shape index (κ2) is 4.55. The summed E-state index contributed by atoms with van der Waals surface area (Å²) in [7, 11) is 0. The average molecular weight is 257 g/mol. The highest BCUT2D eigenvalue weighted by atomic mass is 16.4. The predicted octanol–water partition coefficient (Wildman–Crippen LogP) is 2.14. The molecule has 0 radical (unpaired) electrons. The largest absolute Gasteiger partial charge is 0.481 e. The van der Waals surface area contributed by atoms with Crippen molar-refractivity contribution in [3.05, 3.63) is 59.4 Å². The number of aromatic nitrogens is 1. The summed E-state index contributed by atoms with van der Waals surface area (Å²) in [6.45, 7) is 0.651. The van der Waals surface area contributed by atoms with Crippen LogP contribution in [-0.2, 0) is 11.3 Å². The van der Waals surface area contributed by atoms with Crippen molar-refractivity contribution >= 4 is 5.97 Å². The number of aliphatic carboxylic acids is 1. The van der Waals surface area contributed by atoms with Gasteiger partial charge in [0.25, 0.3) is 0 Å². The Labute approximate surface area is 110 Å². The molecule has 0 saturated carbocycles. The van der Waals surface area contributed by atoms with Crippen LogP contribution in [0, 0.1) is 0 Å². The highest BCUT2D eigenvalue weighted by Crippen LogP contribution is 2.34. The van der Waals surface area contributed by atoms with Crippen LogP contribution in [0.1, 0.15) is 35.4 Å². The van der Waals surface area contributed by atoms with Crippen molar-refractivity contribution in [2.24, 2.45) is 0 Å². The van der Waals surface area contributed by atoms with E-state index >= 15 is 0 Å². The Kier molecular flexibility index (Phi) is 2.87. The molecule has 0 fully saturated rings. The number of hydrogen-bond acceptors (Lipinski definition) is 2. The molecule has 1 aliphatic heterocycles. The van der Waals surface area contributed by atoms with E-state index in [2.05, 4.69) is 0 Å². The maximum absolute atomic E-state index is 11.1. The molecule has 2 unspecified atom stereocenters. The monoisotopic (exact) mass is 257 g/mol. The van der Waals surface area contributed by atoms with Crippen LogP contribution in [0.5, 0.6) is 0 Å². The average Bonchev–Trinajstić information content (AvgIpc) is 2.99. The van der Waals surface area contributed by atoms with Gasteiger partial charge in [-0.05, 0) is 24.1 Å². The fourth-order valence-electron chi connectivity index (χ4n) is 2.76. The summed E-state index contributed by atoms with van der Waals surface area (Å²) in [5, 5.41) is 19.6. The van der Waals surface area contributed by atoms with E-state index in [1.165, 1.54) is 0 Å². The number of aliphatic hydroxyl groups excluding tert-OH is 1. The van der Waals surface area contributed by atoms with Gasteiger partial charge in [-0.1, -0.05) is 30.3 Å². The third kappa shape index (κ3) is 1.94. The van der Waals surface area contributed by atoms with E-state index < -0.39 is 18.0 Å². The van der Waals surface area contributed by atoms with Gasteiger partial charge in [0.2, 0.25) is 0 Å². The maximum atomic E-state index is 11.1. The molecule has 1 aromatic heterocycles. The fraction of sp³-hybridized carbons (Fsp3) is 0.267. The Bertz CT molecular complexity index is 603. The van der Waals surface area contributed by atoms with Crippen LogP contribution >= 0.6 is 0 Å². The van der Waals surface area contributed by atoms with Gasteiger partial charge in [0.05, 0.1) is 11.6 Å². The van der Waals surface area contributed by atoms with Crippen molar-refractivity contribution in [2.45, 2.75) is 25.0 Å². The first-order valence-electron chi connectivity index (χ1n) is 6.33. The lowest BCUT2D eigenvalue weighted by atomic mass is 10.1. The molecule has 1 aromatic carbocycles. The Balaban J connectivity index is 1.96. The summed E-state index contributed by atoms with van der Waals surface area (Å²) < 4.78 is 1.93. The molecular formula is C15H15NO3. The zero-order valence-electron chi connectivity index (χ0n) is 10.4. The van der Waals surface area contributed by atoms with Crippen LogP contribution < -0.4 is 0 Å². The van der Waals surface area contributed by atoms with Gasteiger partial charge in [-0.15, -0.1) is 0 Å². The highest BCUT2D eigenvalue weighted by Gasteiger charge is 2.31. The maximum Gasteiger partial charge on any atom is 0.312 e. The van der Waals surface area contributed by atoms with E-state index in [4.69, 9.17) is 5.11 Å². The zero-order valence-corrected chi connectivity index (χ0v) is 10.4. The molecule has 4 heteroatoms. The summed E-state index contributed by atoms with van der Waals surface area (Å²) >= 11 is 0. The molecule has 2 N–H and O–H groups in total. The number of fused-ring (bicyclic) bond motifs is 1. The molecule has 2 aromatic rings. The molecule has 98 valence electrons. The third-order valence-corrected chi connectivity index (χ3v) is 3.74. The number of carboxylic acid groups (broad SMARTS) is 1. The zero-order chi connectivity index (χ0) is 13.4. The molecule has 2 heterocycles. The smallest absolute Gasteiger partial charge is 0.312 e. The van der Waals surface area contributed by atoms with E-state index in [0.717, 1.165) is 17.0 Å². The lowest BCUT2D eigenvalue weighted by molar-refractivity contribution is -0.138. The number of aliphatic hydroxyl groups is 1. The van der Waals surface area contributed by atoms with Crippen LogP contribution in [0.4, 0.5) is 0 Å². The summed E-state index contributed by atoms with van der Waals surface area (Å²) in [6.07, 6.45) is -0.109. The molecule has 0 saturated heterocycles. The molecule has 0 aliphatic carbocycles. The number of hydrogen-bond donors (Lipinski definition) is 2. The second-order valence-corrected chi connectivity index (χ2v) is 4.83. The molecule has 4 nitrogen and oxygen atoms in total. The van der Waals surface area contributed by atoms with Gasteiger partial charge in [0, 0.05) is 12.2 Å². The molecule has 0 bridgehead atoms. The Morgan fingerprint density at radius 2 is 1.95 bits per heavy atom. The number of nitrogens with zero attached hydrogens (tertiary/aromatic N) is 1. The highest BCUT2D eigenvalue weighted by molar-refractivity contribution is 5.76. The molecule has 0 amide bonds. The van der Waals surface area contributed by atoms with Crippen LogP contribution in [-0.4, -0.2) is 20.7 Å². The molecule has 0 spiro atoms. The summed E-state index contributed by atoms with van der Waals surface area (Å²) in [5.41, 5.74) is 2.38. The summed E-state index contributed by atoms with van der Waals surface area (Å²) in [4.78, 5) is 11.1. The third-order valence-electron chi connectivity index (χ3n) is 3.74. The van der Waals surface area contributed by atoms with E-state index in [-0.39, 0.29) is 0 Å². The van der Waals surface area contributed by atoms with Crippen LogP contribution in [0.2, 0.25) is 0 Å². The van der Waals surface area contributed by atoms with E-state index in [1.807, 2.05) is 47.0 Å². The van der Waals surface area contributed by atoms with Crippen molar-refractivity contribution in [3.8, 4) is 0 Å². The topological polar surface area (TPSA) is 62.5 Å². The van der Waals surface area contributed by atoms with Gasteiger partial charge in [-0.2, -0.15) is 0 Å². The lowest BCUT2D eigenvalue weighted by Gasteiger charge is -2.13. The number of benzene rings is 1. The predicted molar refractivity (Wildman–Crippen MR) is 69.9 cm³/mol.